The van der Waals surface area contributed by atoms with E-state index >= 15 is 0 Å². The molecule has 2 atom stereocenters. The van der Waals surface area contributed by atoms with Crippen LogP contribution in [0.25, 0.3) is 0 Å². The molecule has 0 radical (unpaired) electrons. The van der Waals surface area contributed by atoms with Crippen LogP contribution in [-0.4, -0.2) is 33.5 Å². The van der Waals surface area contributed by atoms with Crippen LogP contribution in [0.2, 0.25) is 0 Å². The molecule has 0 bridgehead atoms. The van der Waals surface area contributed by atoms with Crippen molar-refractivity contribution in [3.63, 3.8) is 0 Å². The number of dihydropyridines is 1. The number of nitrogens with two attached hydrogens (primary N) is 2. The first-order chi connectivity index (χ1) is 12.5. The highest BCUT2D eigenvalue weighted by Crippen LogP contribution is 2.22. The number of aliphatic imine (C=N–C) groups is 1. The van der Waals surface area contributed by atoms with Crippen LogP contribution in [0.4, 0.5) is 5.82 Å². The number of aromatic nitrogens is 1. The second-order valence-electron chi connectivity index (χ2n) is 6.72. The van der Waals surface area contributed by atoms with Gasteiger partial charge in [-0.05, 0) is 55.7 Å². The summed E-state index contributed by atoms with van der Waals surface area (Å²) < 4.78 is 0. The zero-order valence-electron chi connectivity index (χ0n) is 15.0. The van der Waals surface area contributed by atoms with Crippen molar-refractivity contribution in [3.05, 3.63) is 35.5 Å². The van der Waals surface area contributed by atoms with Gasteiger partial charge in [-0.1, -0.05) is 18.6 Å². The van der Waals surface area contributed by atoms with Gasteiger partial charge in [-0.3, -0.25) is 4.79 Å². The van der Waals surface area contributed by atoms with E-state index in [1.807, 2.05) is 6.07 Å². The van der Waals surface area contributed by atoms with Crippen molar-refractivity contribution in [2.24, 2.45) is 22.6 Å². The monoisotopic (exact) mass is 360 g/mol. The number of anilines is 1. The Morgan fingerprint density at radius 3 is 2.62 bits per heavy atom. The lowest BCUT2D eigenvalue weighted by Gasteiger charge is -2.17. The highest BCUT2D eigenvalue weighted by atomic mass is 16.3. The highest BCUT2D eigenvalue weighted by molar-refractivity contribution is 6.03. The van der Waals surface area contributed by atoms with Crippen LogP contribution in [0.15, 0.2) is 29.3 Å². The summed E-state index contributed by atoms with van der Waals surface area (Å²) in [4.78, 5) is 19.7. The first-order valence-corrected chi connectivity index (χ1v) is 9.05. The second-order valence-corrected chi connectivity index (χ2v) is 6.72. The molecule has 0 saturated heterocycles. The third-order valence-electron chi connectivity index (χ3n) is 4.74. The molecule has 1 aromatic rings. The van der Waals surface area contributed by atoms with Gasteiger partial charge in [-0.25, -0.2) is 4.98 Å². The van der Waals surface area contributed by atoms with E-state index in [2.05, 4.69) is 9.98 Å². The summed E-state index contributed by atoms with van der Waals surface area (Å²) in [5.74, 6) is 0.471. The molecule has 7 heteroatoms. The van der Waals surface area contributed by atoms with Crippen molar-refractivity contribution >= 4 is 17.6 Å². The molecule has 2 rings (SSSR count). The fourth-order valence-corrected chi connectivity index (χ4v) is 3.10. The Morgan fingerprint density at radius 2 is 1.96 bits per heavy atom. The van der Waals surface area contributed by atoms with Crippen molar-refractivity contribution in [2.75, 3.05) is 12.3 Å². The Bertz CT molecular complexity index is 673. The van der Waals surface area contributed by atoms with E-state index < -0.39 is 0 Å². The van der Waals surface area contributed by atoms with Gasteiger partial charge in [0.05, 0.1) is 18.2 Å². The van der Waals surface area contributed by atoms with Gasteiger partial charge in [0, 0.05) is 6.61 Å². The Hall–Kier alpha value is -2.25. The van der Waals surface area contributed by atoms with Gasteiger partial charge >= 0.3 is 0 Å². The predicted molar refractivity (Wildman–Crippen MR) is 101 cm³/mol. The molecule has 0 aliphatic carbocycles. The molecular formula is C19H28N4O3. The molecule has 0 spiro atoms. The van der Waals surface area contributed by atoms with Crippen LogP contribution in [0.5, 0.6) is 0 Å². The Balaban J connectivity index is 1.70. The van der Waals surface area contributed by atoms with Crippen LogP contribution in [-0.2, 0) is 17.8 Å². The number of pyridine rings is 1. The number of unbranched alkanes of at least 4 members (excludes halogenated alkanes) is 1. The van der Waals surface area contributed by atoms with Crippen LogP contribution < -0.4 is 11.5 Å². The summed E-state index contributed by atoms with van der Waals surface area (Å²) in [5, 5.41) is 18.6. The molecule has 1 aliphatic heterocycles. The fourth-order valence-electron chi connectivity index (χ4n) is 3.10. The molecule has 7 nitrogen and oxygen atoms in total. The molecule has 0 saturated carbocycles. The molecule has 142 valence electrons. The number of carbonyl (C=O) groups is 1. The van der Waals surface area contributed by atoms with Crippen molar-refractivity contribution in [1.82, 2.24) is 4.98 Å². The standard InChI is InChI=1S/C19H28N4O3/c20-17-10-8-15(19(26)23-17)6-5-13(11-24)3-1-2-4-14-7-9-16(12-25)22-18(14)21/h7-10,13,15,24-25H,1-6,11-12H2,(H2,21,22)(H2,20,23,26). The minimum Gasteiger partial charge on any atom is -0.396 e. The van der Waals surface area contributed by atoms with Crippen LogP contribution in [0.3, 0.4) is 0 Å². The van der Waals surface area contributed by atoms with Crippen LogP contribution >= 0.6 is 0 Å². The van der Waals surface area contributed by atoms with Crippen molar-refractivity contribution in [1.29, 1.82) is 0 Å². The average Bonchev–Trinajstić information content (AvgIpc) is 2.63. The molecule has 6 N–H and O–H groups in total. The number of nitrogen functional groups attached to an aromatic ring is 1. The second kappa shape index (κ2) is 10.0. The number of aliphatic hydroxyl groups excluding tert-OH is 2. The Kier molecular flexibility index (Phi) is 7.74. The van der Waals surface area contributed by atoms with Crippen molar-refractivity contribution in [2.45, 2.75) is 45.1 Å². The molecule has 26 heavy (non-hydrogen) atoms. The lowest BCUT2D eigenvalue weighted by Crippen LogP contribution is -2.22. The van der Waals surface area contributed by atoms with E-state index in [-0.39, 0.29) is 36.8 Å². The highest BCUT2D eigenvalue weighted by Gasteiger charge is 2.20. The predicted octanol–water partition coefficient (Wildman–Crippen LogP) is 1.33. The molecule has 2 heterocycles. The summed E-state index contributed by atoms with van der Waals surface area (Å²) >= 11 is 0. The number of aryl methyl sites for hydroxylation is 1. The molecular weight excluding hydrogens is 332 g/mol. The third kappa shape index (κ3) is 5.93. The summed E-state index contributed by atoms with van der Waals surface area (Å²) in [6.07, 6.45) is 8.55. The van der Waals surface area contributed by atoms with Crippen LogP contribution in [0, 0.1) is 11.8 Å². The lowest BCUT2D eigenvalue weighted by atomic mass is 9.91. The maximum atomic E-state index is 11.8. The van der Waals surface area contributed by atoms with E-state index in [0.717, 1.165) is 37.7 Å². The smallest absolute Gasteiger partial charge is 0.254 e. The normalized spacial score (nSPS) is 18.0. The maximum absolute atomic E-state index is 11.8. The van der Waals surface area contributed by atoms with Crippen LogP contribution in [0.1, 0.15) is 43.4 Å². The molecule has 1 aromatic heterocycles. The Morgan fingerprint density at radius 1 is 1.15 bits per heavy atom. The maximum Gasteiger partial charge on any atom is 0.254 e. The molecule has 1 aliphatic rings. The lowest BCUT2D eigenvalue weighted by molar-refractivity contribution is -0.120. The van der Waals surface area contributed by atoms with Gasteiger partial charge in [-0.2, -0.15) is 4.99 Å². The average molecular weight is 360 g/mol. The van der Waals surface area contributed by atoms with Gasteiger partial charge < -0.3 is 21.7 Å². The number of aliphatic hydroxyl groups is 2. The minimum absolute atomic E-state index is 0.112. The SMILES string of the molecule is NC1=NC(=O)C(CCC(CO)CCCCc2ccc(CO)nc2N)C=C1. The number of amidine groups is 1. The fraction of sp³-hybridized carbons (Fsp3) is 0.526. The number of hydrogen-bond donors (Lipinski definition) is 4. The number of rotatable bonds is 10. The molecule has 0 fully saturated rings. The van der Waals surface area contributed by atoms with E-state index in [0.29, 0.717) is 17.9 Å². The minimum atomic E-state index is -0.229. The molecule has 1 amide bonds. The first-order valence-electron chi connectivity index (χ1n) is 9.05. The van der Waals surface area contributed by atoms with E-state index in [4.69, 9.17) is 16.6 Å². The number of hydrogen-bond acceptors (Lipinski definition) is 6. The topological polar surface area (TPSA) is 135 Å². The zero-order chi connectivity index (χ0) is 18.9. The van der Waals surface area contributed by atoms with Crippen molar-refractivity contribution in [3.8, 4) is 0 Å². The third-order valence-corrected chi connectivity index (χ3v) is 4.74. The number of nitrogens with zero attached hydrogens (tertiary/aromatic N) is 2. The summed E-state index contributed by atoms with van der Waals surface area (Å²) in [7, 11) is 0. The zero-order valence-corrected chi connectivity index (χ0v) is 15.0. The summed E-state index contributed by atoms with van der Waals surface area (Å²) in [6.45, 7) is 0.00414. The number of amides is 1. The van der Waals surface area contributed by atoms with Gasteiger partial charge in [0.1, 0.15) is 11.7 Å². The van der Waals surface area contributed by atoms with Gasteiger partial charge in [0.2, 0.25) is 0 Å². The number of carbonyl (C=O) groups excluding carboxylic acids is 1. The van der Waals surface area contributed by atoms with Gasteiger partial charge in [0.15, 0.2) is 0 Å². The largest absolute Gasteiger partial charge is 0.396 e. The van der Waals surface area contributed by atoms with Gasteiger partial charge in [0.25, 0.3) is 5.91 Å². The van der Waals surface area contributed by atoms with E-state index in [1.165, 1.54) is 0 Å². The quantitative estimate of drug-likeness (QED) is 0.465. The summed E-state index contributed by atoms with van der Waals surface area (Å²) in [5.41, 5.74) is 13.0. The van der Waals surface area contributed by atoms with E-state index in [1.54, 1.807) is 18.2 Å². The summed E-state index contributed by atoms with van der Waals surface area (Å²) in [6, 6.07) is 3.69. The molecule has 2 unspecified atom stereocenters. The van der Waals surface area contributed by atoms with Crippen molar-refractivity contribution < 1.29 is 15.0 Å². The molecule has 0 aromatic carbocycles. The van der Waals surface area contributed by atoms with E-state index in [9.17, 15) is 9.90 Å². The first kappa shape index (κ1) is 20.1. The van der Waals surface area contributed by atoms with Gasteiger partial charge in [-0.15, -0.1) is 0 Å². The Labute approximate surface area is 153 Å².